The van der Waals surface area contributed by atoms with Crippen molar-refractivity contribution in [3.8, 4) is 0 Å². The summed E-state index contributed by atoms with van der Waals surface area (Å²) in [5.74, 6) is -0.110. The lowest BCUT2D eigenvalue weighted by molar-refractivity contribution is -0.148. The second-order valence-corrected chi connectivity index (χ2v) is 8.29. The highest BCUT2D eigenvalue weighted by Crippen LogP contribution is 2.42. The first-order valence-electron chi connectivity index (χ1n) is 6.94. The predicted octanol–water partition coefficient (Wildman–Crippen LogP) is 2.15. The number of carbonyl (C=O) groups is 1. The van der Waals surface area contributed by atoms with Crippen molar-refractivity contribution in [1.82, 2.24) is 15.5 Å². The van der Waals surface area contributed by atoms with Crippen LogP contribution in [0.3, 0.4) is 0 Å². The Bertz CT molecular complexity index is 504. The molecule has 110 valence electrons. The minimum Gasteiger partial charge on any atom is -0.468 e. The van der Waals surface area contributed by atoms with Gasteiger partial charge in [-0.1, -0.05) is 23.1 Å². The minimum absolute atomic E-state index is 0.110. The highest BCUT2D eigenvalue weighted by atomic mass is 32.2. The molecule has 3 rings (SSSR count). The maximum atomic E-state index is 12.2. The summed E-state index contributed by atoms with van der Waals surface area (Å²) >= 11 is 3.37. The molecular weight excluding hydrogens is 294 g/mol. The van der Waals surface area contributed by atoms with Gasteiger partial charge in [0.15, 0.2) is 4.34 Å². The number of rotatable bonds is 5. The van der Waals surface area contributed by atoms with Crippen LogP contribution in [-0.4, -0.2) is 40.1 Å². The molecule has 0 aliphatic heterocycles. The summed E-state index contributed by atoms with van der Waals surface area (Å²) in [6.45, 7) is 1.96. The summed E-state index contributed by atoms with van der Waals surface area (Å²) in [6, 6.07) is 0.502. The Labute approximate surface area is 126 Å². The molecular formula is C13H19N3O2S2. The Kier molecular flexibility index (Phi) is 4.01. The van der Waals surface area contributed by atoms with Gasteiger partial charge in [0.2, 0.25) is 0 Å². The van der Waals surface area contributed by atoms with E-state index in [1.165, 1.54) is 20.0 Å². The molecule has 0 bridgehead atoms. The van der Waals surface area contributed by atoms with E-state index in [0.717, 1.165) is 28.6 Å². The zero-order valence-corrected chi connectivity index (χ0v) is 13.4. The zero-order chi connectivity index (χ0) is 14.2. The summed E-state index contributed by atoms with van der Waals surface area (Å²) in [6.07, 6.45) is 5.03. The summed E-state index contributed by atoms with van der Waals surface area (Å²) in [5, 5.41) is 13.1. The normalized spacial score (nSPS) is 29.6. The van der Waals surface area contributed by atoms with E-state index >= 15 is 0 Å². The molecule has 0 radical (unpaired) electrons. The number of thioether (sulfide) groups is 1. The van der Waals surface area contributed by atoms with Gasteiger partial charge >= 0.3 is 5.97 Å². The summed E-state index contributed by atoms with van der Waals surface area (Å²) in [4.78, 5) is 12.2. The van der Waals surface area contributed by atoms with Crippen LogP contribution in [0.5, 0.6) is 0 Å². The molecule has 0 aromatic carbocycles. The topological polar surface area (TPSA) is 64.1 Å². The van der Waals surface area contributed by atoms with E-state index < -0.39 is 5.54 Å². The van der Waals surface area contributed by atoms with Crippen molar-refractivity contribution < 1.29 is 9.53 Å². The number of aromatic nitrogens is 2. The van der Waals surface area contributed by atoms with E-state index in [0.29, 0.717) is 11.3 Å². The van der Waals surface area contributed by atoms with E-state index in [4.69, 9.17) is 4.74 Å². The van der Waals surface area contributed by atoms with Crippen LogP contribution in [0, 0.1) is 6.92 Å². The standard InChI is InChI=1S/C13H19N3O2S2/c1-8-15-16-12(19-8)20-10-5-6-13(7-10,11(17)18-2)14-9-3-4-9/h9-10,14H,3-7H2,1-2H3. The Hall–Kier alpha value is -0.660. The third-order valence-electron chi connectivity index (χ3n) is 3.88. The number of ether oxygens (including phenoxy) is 1. The van der Waals surface area contributed by atoms with Gasteiger partial charge in [0.1, 0.15) is 10.5 Å². The quantitative estimate of drug-likeness (QED) is 0.840. The van der Waals surface area contributed by atoms with Crippen molar-refractivity contribution in [2.75, 3.05) is 7.11 Å². The molecule has 2 atom stereocenters. The molecule has 2 unspecified atom stereocenters. The number of aryl methyl sites for hydroxylation is 1. The Morgan fingerprint density at radius 2 is 2.25 bits per heavy atom. The smallest absolute Gasteiger partial charge is 0.326 e. The third-order valence-corrected chi connectivity index (χ3v) is 6.07. The minimum atomic E-state index is -0.479. The van der Waals surface area contributed by atoms with E-state index in [1.807, 2.05) is 6.92 Å². The predicted molar refractivity (Wildman–Crippen MR) is 79.0 cm³/mol. The number of hydrogen-bond donors (Lipinski definition) is 1. The molecule has 2 aliphatic carbocycles. The van der Waals surface area contributed by atoms with Crippen molar-refractivity contribution in [3.63, 3.8) is 0 Å². The van der Waals surface area contributed by atoms with Crippen LogP contribution in [0.1, 0.15) is 37.1 Å². The Morgan fingerprint density at radius 3 is 2.85 bits per heavy atom. The molecule has 1 aromatic heterocycles. The third kappa shape index (κ3) is 2.99. The van der Waals surface area contributed by atoms with Crippen LogP contribution in [0.15, 0.2) is 4.34 Å². The van der Waals surface area contributed by atoms with Gasteiger partial charge in [0.05, 0.1) is 7.11 Å². The maximum absolute atomic E-state index is 12.2. The molecule has 1 heterocycles. The molecule has 1 aromatic rings. The molecule has 7 heteroatoms. The number of methoxy groups -OCH3 is 1. The van der Waals surface area contributed by atoms with Gasteiger partial charge in [-0.15, -0.1) is 10.2 Å². The maximum Gasteiger partial charge on any atom is 0.326 e. The number of nitrogens with one attached hydrogen (secondary N) is 1. The first-order valence-corrected chi connectivity index (χ1v) is 8.64. The first kappa shape index (κ1) is 14.3. The molecule has 2 saturated carbocycles. The lowest BCUT2D eigenvalue weighted by Gasteiger charge is -2.27. The lowest BCUT2D eigenvalue weighted by atomic mass is 9.97. The van der Waals surface area contributed by atoms with Crippen molar-refractivity contribution in [2.24, 2.45) is 0 Å². The van der Waals surface area contributed by atoms with Crippen molar-refractivity contribution in [3.05, 3.63) is 5.01 Å². The summed E-state index contributed by atoms with van der Waals surface area (Å²) < 4.78 is 6.03. The van der Waals surface area contributed by atoms with Crippen LogP contribution >= 0.6 is 23.1 Å². The molecule has 2 aliphatic rings. The van der Waals surface area contributed by atoms with Gasteiger partial charge in [-0.3, -0.25) is 10.1 Å². The number of nitrogens with zero attached hydrogens (tertiary/aromatic N) is 2. The fourth-order valence-corrected chi connectivity index (χ4v) is 5.11. The lowest BCUT2D eigenvalue weighted by Crippen LogP contribution is -2.52. The van der Waals surface area contributed by atoms with Crippen LogP contribution in [0.25, 0.3) is 0 Å². The van der Waals surface area contributed by atoms with E-state index in [2.05, 4.69) is 15.5 Å². The molecule has 0 spiro atoms. The monoisotopic (exact) mass is 313 g/mol. The van der Waals surface area contributed by atoms with Crippen LogP contribution < -0.4 is 5.32 Å². The molecule has 20 heavy (non-hydrogen) atoms. The van der Waals surface area contributed by atoms with Crippen molar-refractivity contribution in [1.29, 1.82) is 0 Å². The van der Waals surface area contributed by atoms with E-state index in [9.17, 15) is 4.79 Å². The SMILES string of the molecule is COC(=O)C1(NC2CC2)CCC(Sc2nnc(C)s2)C1. The Balaban J connectivity index is 1.66. The highest BCUT2D eigenvalue weighted by Gasteiger charge is 2.49. The number of esters is 1. The van der Waals surface area contributed by atoms with Gasteiger partial charge in [-0.05, 0) is 39.0 Å². The molecule has 0 amide bonds. The molecule has 1 N–H and O–H groups in total. The van der Waals surface area contributed by atoms with Gasteiger partial charge in [0, 0.05) is 11.3 Å². The second-order valence-electron chi connectivity index (χ2n) is 5.56. The van der Waals surface area contributed by atoms with Crippen molar-refractivity contribution in [2.45, 2.75) is 60.2 Å². The second kappa shape index (κ2) is 5.61. The van der Waals surface area contributed by atoms with Gasteiger partial charge in [-0.25, -0.2) is 0 Å². The van der Waals surface area contributed by atoms with Gasteiger partial charge in [-0.2, -0.15) is 0 Å². The molecule has 0 saturated heterocycles. The van der Waals surface area contributed by atoms with Gasteiger partial charge < -0.3 is 4.74 Å². The van der Waals surface area contributed by atoms with Crippen LogP contribution in [-0.2, 0) is 9.53 Å². The van der Waals surface area contributed by atoms with Crippen molar-refractivity contribution >= 4 is 29.1 Å². The van der Waals surface area contributed by atoms with Crippen LogP contribution in [0.4, 0.5) is 0 Å². The van der Waals surface area contributed by atoms with Crippen LogP contribution in [0.2, 0.25) is 0 Å². The van der Waals surface area contributed by atoms with E-state index in [1.54, 1.807) is 23.1 Å². The molecule has 5 nitrogen and oxygen atoms in total. The fourth-order valence-electron chi connectivity index (χ4n) is 2.76. The highest BCUT2D eigenvalue weighted by molar-refractivity contribution is 8.01. The summed E-state index contributed by atoms with van der Waals surface area (Å²) in [7, 11) is 1.48. The Morgan fingerprint density at radius 1 is 1.45 bits per heavy atom. The number of carbonyl (C=O) groups excluding carboxylic acids is 1. The zero-order valence-electron chi connectivity index (χ0n) is 11.7. The van der Waals surface area contributed by atoms with Gasteiger partial charge in [0.25, 0.3) is 0 Å². The van der Waals surface area contributed by atoms with E-state index in [-0.39, 0.29) is 5.97 Å². The summed E-state index contributed by atoms with van der Waals surface area (Å²) in [5.41, 5.74) is -0.479. The largest absolute Gasteiger partial charge is 0.468 e. The first-order chi connectivity index (χ1) is 9.61. The average Bonchev–Trinajstić information content (AvgIpc) is 3.00. The molecule has 2 fully saturated rings. The number of hydrogen-bond acceptors (Lipinski definition) is 7. The fraction of sp³-hybridized carbons (Fsp3) is 0.769. The average molecular weight is 313 g/mol.